The van der Waals surface area contributed by atoms with Crippen molar-refractivity contribution in [3.63, 3.8) is 0 Å². The zero-order valence-corrected chi connectivity index (χ0v) is 15.1. The number of rotatable bonds is 5. The number of aromatic nitrogens is 1. The smallest absolute Gasteiger partial charge is 0.261 e. The van der Waals surface area contributed by atoms with Crippen molar-refractivity contribution in [2.45, 2.75) is 11.8 Å². The van der Waals surface area contributed by atoms with E-state index in [9.17, 15) is 17.6 Å². The molecule has 1 heterocycles. The van der Waals surface area contributed by atoms with Crippen molar-refractivity contribution in [3.05, 3.63) is 83.8 Å². The number of carbonyl (C=O) groups is 1. The summed E-state index contributed by atoms with van der Waals surface area (Å²) in [5.41, 5.74) is 1.17. The van der Waals surface area contributed by atoms with Gasteiger partial charge in [0.1, 0.15) is 11.6 Å². The summed E-state index contributed by atoms with van der Waals surface area (Å²) < 4.78 is 40.4. The first-order valence-electron chi connectivity index (χ1n) is 7.96. The molecule has 1 aromatic heterocycles. The second-order valence-corrected chi connectivity index (χ2v) is 7.45. The lowest BCUT2D eigenvalue weighted by Crippen LogP contribution is -2.16. The molecule has 0 aliphatic rings. The highest BCUT2D eigenvalue weighted by atomic mass is 32.2. The monoisotopic (exact) mass is 385 g/mol. The van der Waals surface area contributed by atoms with Crippen LogP contribution in [0.3, 0.4) is 0 Å². The molecule has 2 N–H and O–H groups in total. The van der Waals surface area contributed by atoms with Gasteiger partial charge < -0.3 is 5.32 Å². The normalized spacial score (nSPS) is 11.0. The van der Waals surface area contributed by atoms with E-state index in [1.165, 1.54) is 36.4 Å². The van der Waals surface area contributed by atoms with E-state index in [2.05, 4.69) is 15.0 Å². The predicted octanol–water partition coefficient (Wildman–Crippen LogP) is 3.58. The van der Waals surface area contributed by atoms with E-state index in [-0.39, 0.29) is 16.1 Å². The third kappa shape index (κ3) is 4.48. The minimum Gasteiger partial charge on any atom is -0.306 e. The van der Waals surface area contributed by atoms with Gasteiger partial charge in [0.25, 0.3) is 15.9 Å². The molecule has 0 fully saturated rings. The highest BCUT2D eigenvalue weighted by molar-refractivity contribution is 7.92. The Bertz CT molecular complexity index is 1080. The first kappa shape index (κ1) is 18.5. The average Bonchev–Trinajstić information content (AvgIpc) is 2.65. The number of aryl methyl sites for hydroxylation is 1. The van der Waals surface area contributed by atoms with Gasteiger partial charge in [0.15, 0.2) is 0 Å². The highest BCUT2D eigenvalue weighted by Gasteiger charge is 2.17. The number of nitrogens with one attached hydrogen (secondary N) is 2. The molecule has 0 aliphatic carbocycles. The van der Waals surface area contributed by atoms with Gasteiger partial charge in [-0.25, -0.2) is 17.8 Å². The second-order valence-electron chi connectivity index (χ2n) is 5.76. The van der Waals surface area contributed by atoms with Crippen LogP contribution in [0.25, 0.3) is 0 Å². The van der Waals surface area contributed by atoms with Crippen molar-refractivity contribution in [2.75, 3.05) is 10.0 Å². The summed E-state index contributed by atoms with van der Waals surface area (Å²) in [6.45, 7) is 1.80. The van der Waals surface area contributed by atoms with Gasteiger partial charge in [-0.1, -0.05) is 12.1 Å². The van der Waals surface area contributed by atoms with Gasteiger partial charge in [0, 0.05) is 17.4 Å². The standard InChI is InChI=1S/C19H16FN3O3S/c1-13-4-3-11-21-18(13)22-19(24)14-5-2-6-17(12-14)27(25,26)23-16-9-7-15(20)8-10-16/h2-12,23H,1H3,(H,21,22,24). The van der Waals surface area contributed by atoms with E-state index >= 15 is 0 Å². The molecule has 0 aliphatic heterocycles. The molecule has 0 atom stereocenters. The van der Waals surface area contributed by atoms with Crippen molar-refractivity contribution >= 4 is 27.4 Å². The second kappa shape index (κ2) is 7.55. The Morgan fingerprint density at radius 3 is 2.48 bits per heavy atom. The fraction of sp³-hybridized carbons (Fsp3) is 0.0526. The number of hydrogen-bond donors (Lipinski definition) is 2. The Morgan fingerprint density at radius 2 is 1.78 bits per heavy atom. The average molecular weight is 385 g/mol. The van der Waals surface area contributed by atoms with Crippen molar-refractivity contribution in [1.82, 2.24) is 4.98 Å². The Morgan fingerprint density at radius 1 is 1.04 bits per heavy atom. The zero-order chi connectivity index (χ0) is 19.4. The van der Waals surface area contributed by atoms with Gasteiger partial charge >= 0.3 is 0 Å². The number of carbonyl (C=O) groups excluding carboxylic acids is 1. The molecule has 3 aromatic rings. The highest BCUT2D eigenvalue weighted by Crippen LogP contribution is 2.18. The van der Waals surface area contributed by atoms with Crippen molar-refractivity contribution in [3.8, 4) is 0 Å². The zero-order valence-electron chi connectivity index (χ0n) is 14.3. The van der Waals surface area contributed by atoms with Crippen LogP contribution in [0.2, 0.25) is 0 Å². The molecule has 0 bridgehead atoms. The Balaban J connectivity index is 1.83. The lowest BCUT2D eigenvalue weighted by Gasteiger charge is -2.10. The Kier molecular flexibility index (Phi) is 5.18. The van der Waals surface area contributed by atoms with Crippen LogP contribution in [0.1, 0.15) is 15.9 Å². The predicted molar refractivity (Wildman–Crippen MR) is 101 cm³/mol. The molecule has 0 saturated heterocycles. The largest absolute Gasteiger partial charge is 0.306 e. The number of amides is 1. The topological polar surface area (TPSA) is 88.2 Å². The molecule has 0 radical (unpaired) electrons. The summed E-state index contributed by atoms with van der Waals surface area (Å²) in [6, 6.07) is 14.1. The minimum absolute atomic E-state index is 0.0859. The first-order chi connectivity index (χ1) is 12.8. The maximum Gasteiger partial charge on any atom is 0.261 e. The van der Waals surface area contributed by atoms with Gasteiger partial charge in [-0.3, -0.25) is 9.52 Å². The van der Waals surface area contributed by atoms with Gasteiger partial charge in [-0.2, -0.15) is 0 Å². The Hall–Kier alpha value is -3.26. The number of benzene rings is 2. The molecule has 2 aromatic carbocycles. The molecular weight excluding hydrogens is 369 g/mol. The maximum absolute atomic E-state index is 13.0. The number of anilines is 2. The Labute approximate surface area is 156 Å². The molecule has 27 heavy (non-hydrogen) atoms. The van der Waals surface area contributed by atoms with E-state index in [4.69, 9.17) is 0 Å². The summed E-state index contributed by atoms with van der Waals surface area (Å²) in [7, 11) is -3.93. The van der Waals surface area contributed by atoms with Gasteiger partial charge in [0.05, 0.1) is 4.90 Å². The van der Waals surface area contributed by atoms with Gasteiger partial charge in [0.2, 0.25) is 0 Å². The first-order valence-corrected chi connectivity index (χ1v) is 9.45. The summed E-state index contributed by atoms with van der Waals surface area (Å²) in [6.07, 6.45) is 1.55. The van der Waals surface area contributed by atoms with Crippen LogP contribution in [-0.4, -0.2) is 19.3 Å². The molecule has 0 saturated carbocycles. The molecule has 6 nitrogen and oxygen atoms in total. The molecule has 1 amide bonds. The fourth-order valence-electron chi connectivity index (χ4n) is 2.33. The molecule has 0 unspecified atom stereocenters. The SMILES string of the molecule is Cc1cccnc1NC(=O)c1cccc(S(=O)(=O)Nc2ccc(F)cc2)c1. The molecular formula is C19H16FN3O3S. The summed E-state index contributed by atoms with van der Waals surface area (Å²) in [5.74, 6) is -0.544. The van der Waals surface area contributed by atoms with Gasteiger partial charge in [-0.05, 0) is 61.0 Å². The van der Waals surface area contributed by atoms with Crippen molar-refractivity contribution < 1.29 is 17.6 Å². The van der Waals surface area contributed by atoms with E-state index in [0.717, 1.165) is 17.7 Å². The number of hydrogen-bond acceptors (Lipinski definition) is 4. The maximum atomic E-state index is 13.0. The van der Waals surface area contributed by atoms with E-state index in [1.54, 1.807) is 25.3 Å². The molecule has 3 rings (SSSR count). The van der Waals surface area contributed by atoms with E-state index in [1.807, 2.05) is 0 Å². The van der Waals surface area contributed by atoms with Crippen LogP contribution < -0.4 is 10.0 Å². The number of nitrogens with zero attached hydrogens (tertiary/aromatic N) is 1. The summed E-state index contributed by atoms with van der Waals surface area (Å²) >= 11 is 0. The quantitative estimate of drug-likeness (QED) is 0.703. The van der Waals surface area contributed by atoms with Crippen molar-refractivity contribution in [1.29, 1.82) is 0 Å². The van der Waals surface area contributed by atoms with E-state index < -0.39 is 21.7 Å². The number of halogens is 1. The van der Waals surface area contributed by atoms with Crippen LogP contribution in [0.4, 0.5) is 15.9 Å². The van der Waals surface area contributed by atoms with Crippen molar-refractivity contribution in [2.24, 2.45) is 0 Å². The molecule has 8 heteroatoms. The minimum atomic E-state index is -3.93. The van der Waals surface area contributed by atoms with Crippen LogP contribution in [0.15, 0.2) is 71.8 Å². The third-order valence-electron chi connectivity index (χ3n) is 3.74. The molecule has 0 spiro atoms. The lowest BCUT2D eigenvalue weighted by atomic mass is 10.2. The van der Waals surface area contributed by atoms with Crippen LogP contribution in [0, 0.1) is 12.7 Å². The fourth-order valence-corrected chi connectivity index (χ4v) is 3.44. The van der Waals surface area contributed by atoms with Crippen LogP contribution in [0.5, 0.6) is 0 Å². The number of sulfonamides is 1. The lowest BCUT2D eigenvalue weighted by molar-refractivity contribution is 0.102. The summed E-state index contributed by atoms with van der Waals surface area (Å²) in [4.78, 5) is 16.4. The number of pyridine rings is 1. The van der Waals surface area contributed by atoms with E-state index in [0.29, 0.717) is 5.82 Å². The van der Waals surface area contributed by atoms with Crippen LogP contribution in [-0.2, 0) is 10.0 Å². The van der Waals surface area contributed by atoms with Gasteiger partial charge in [-0.15, -0.1) is 0 Å². The summed E-state index contributed by atoms with van der Waals surface area (Å²) in [5, 5.41) is 2.65. The van der Waals surface area contributed by atoms with Crippen LogP contribution >= 0.6 is 0 Å². The third-order valence-corrected chi connectivity index (χ3v) is 5.12. The molecule has 138 valence electrons.